The molecule has 0 saturated carbocycles. The average Bonchev–Trinajstić information content (AvgIpc) is 3.30. The van der Waals surface area contributed by atoms with Crippen LogP contribution in [0.2, 0.25) is 0 Å². The molecule has 0 aromatic carbocycles. The Kier molecular flexibility index (Phi) is 7.45. The number of aromatic nitrogens is 3. The lowest BCUT2D eigenvalue weighted by molar-refractivity contribution is -0.0161. The van der Waals surface area contributed by atoms with Crippen LogP contribution in [0, 0.1) is 0 Å². The molecule has 4 rings (SSSR count). The van der Waals surface area contributed by atoms with Crippen molar-refractivity contribution in [2.75, 3.05) is 11.9 Å². The van der Waals surface area contributed by atoms with Crippen LogP contribution in [0.25, 0.3) is 0 Å². The molecule has 4 heterocycles. The van der Waals surface area contributed by atoms with Crippen LogP contribution in [0.1, 0.15) is 12.6 Å². The summed E-state index contributed by atoms with van der Waals surface area (Å²) in [5.74, 6) is 1.68. The molecule has 4 N–H and O–H groups in total. The quantitative estimate of drug-likeness (QED) is 0.345. The summed E-state index contributed by atoms with van der Waals surface area (Å²) < 4.78 is 6.23. The molecule has 11 heteroatoms. The van der Waals surface area contributed by atoms with Crippen molar-refractivity contribution in [2.24, 2.45) is 0 Å². The molecule has 0 radical (unpaired) electrons. The number of anilines is 1. The van der Waals surface area contributed by atoms with Gasteiger partial charge in [0.05, 0.1) is 18.5 Å². The minimum Gasteiger partial charge on any atom is -0.452 e. The molecule has 3 aromatic heterocycles. The Bertz CT molecular complexity index is 1090. The van der Waals surface area contributed by atoms with Crippen molar-refractivity contribution in [1.82, 2.24) is 24.8 Å². The van der Waals surface area contributed by atoms with E-state index in [1.165, 1.54) is 28.7 Å². The molecule has 9 nitrogen and oxygen atoms in total. The first kappa shape index (κ1) is 22.4. The van der Waals surface area contributed by atoms with Gasteiger partial charge in [0.25, 0.3) is 0 Å². The molecule has 0 unspecified atom stereocenters. The Hall–Kier alpha value is -2.83. The van der Waals surface area contributed by atoms with Crippen LogP contribution in [0.4, 0.5) is 5.82 Å². The SMILES string of the molecule is CCc1ncccc1Oc1cc(Sc2ccccn2)cnc1NC1=CN([C@@H](O)CO)NS1. The van der Waals surface area contributed by atoms with E-state index in [4.69, 9.17) is 9.84 Å². The summed E-state index contributed by atoms with van der Waals surface area (Å²) in [5.41, 5.74) is 0.842. The number of pyridine rings is 3. The molecular weight excluding hydrogens is 448 g/mol. The van der Waals surface area contributed by atoms with Crippen molar-refractivity contribution >= 4 is 29.5 Å². The minimum absolute atomic E-state index is 0.399. The van der Waals surface area contributed by atoms with E-state index in [2.05, 4.69) is 25.1 Å². The molecule has 1 aliphatic rings. The van der Waals surface area contributed by atoms with Gasteiger partial charge in [-0.25, -0.2) is 9.97 Å². The Morgan fingerprint density at radius 3 is 2.84 bits per heavy atom. The number of aliphatic hydroxyl groups excluding tert-OH is 2. The monoisotopic (exact) mass is 470 g/mol. The van der Waals surface area contributed by atoms with E-state index in [0.29, 0.717) is 22.3 Å². The number of hydrogen-bond donors (Lipinski definition) is 4. The highest BCUT2D eigenvalue weighted by Crippen LogP contribution is 2.36. The Balaban J connectivity index is 1.62. The maximum absolute atomic E-state index is 9.80. The highest BCUT2D eigenvalue weighted by molar-refractivity contribution is 8.01. The highest BCUT2D eigenvalue weighted by atomic mass is 32.2. The normalized spacial score (nSPS) is 14.2. The number of nitrogens with zero attached hydrogens (tertiary/aromatic N) is 4. The number of aryl methyl sites for hydroxylation is 1. The number of hydrazine groups is 1. The maximum atomic E-state index is 9.80. The average molecular weight is 471 g/mol. The van der Waals surface area contributed by atoms with Gasteiger partial charge in [0.1, 0.15) is 15.8 Å². The second-order valence-corrected chi connectivity index (χ2v) is 8.49. The zero-order valence-corrected chi connectivity index (χ0v) is 18.8. The zero-order valence-electron chi connectivity index (χ0n) is 17.2. The lowest BCUT2D eigenvalue weighted by Gasteiger charge is -2.18. The van der Waals surface area contributed by atoms with Crippen molar-refractivity contribution in [2.45, 2.75) is 29.5 Å². The van der Waals surface area contributed by atoms with Gasteiger partial charge in [0.15, 0.2) is 17.8 Å². The third kappa shape index (κ3) is 5.50. The molecule has 1 atom stereocenters. The fourth-order valence-corrected chi connectivity index (χ4v) is 4.24. The lowest BCUT2D eigenvalue weighted by Crippen LogP contribution is -2.37. The summed E-state index contributed by atoms with van der Waals surface area (Å²) >= 11 is 2.73. The van der Waals surface area contributed by atoms with E-state index < -0.39 is 12.8 Å². The Morgan fingerprint density at radius 2 is 2.06 bits per heavy atom. The third-order valence-electron chi connectivity index (χ3n) is 4.33. The third-order valence-corrected chi connectivity index (χ3v) is 5.97. The largest absolute Gasteiger partial charge is 0.452 e. The van der Waals surface area contributed by atoms with Gasteiger partial charge in [-0.2, -0.15) is 4.83 Å². The fraction of sp³-hybridized carbons (Fsp3) is 0.190. The topological polar surface area (TPSA) is 116 Å². The van der Waals surface area contributed by atoms with Gasteiger partial charge in [-0.1, -0.05) is 24.8 Å². The minimum atomic E-state index is -1.05. The van der Waals surface area contributed by atoms with Crippen LogP contribution in [0.5, 0.6) is 11.5 Å². The van der Waals surface area contributed by atoms with Gasteiger partial charge in [-0.15, -0.1) is 0 Å². The summed E-state index contributed by atoms with van der Waals surface area (Å²) in [4.78, 5) is 17.1. The van der Waals surface area contributed by atoms with Gasteiger partial charge >= 0.3 is 0 Å². The number of rotatable bonds is 9. The Morgan fingerprint density at radius 1 is 1.19 bits per heavy atom. The number of nitrogens with one attached hydrogen (secondary N) is 2. The van der Waals surface area contributed by atoms with Crippen LogP contribution < -0.4 is 14.9 Å². The van der Waals surface area contributed by atoms with E-state index in [-0.39, 0.29) is 0 Å². The van der Waals surface area contributed by atoms with Crippen LogP contribution in [-0.4, -0.2) is 43.0 Å². The van der Waals surface area contributed by atoms with E-state index in [1.807, 2.05) is 43.3 Å². The molecular formula is C21H22N6O3S2. The molecule has 0 spiro atoms. The first-order valence-electron chi connectivity index (χ1n) is 9.85. The van der Waals surface area contributed by atoms with Crippen LogP contribution in [0.15, 0.2) is 76.1 Å². The molecule has 0 saturated heterocycles. The van der Waals surface area contributed by atoms with Crippen molar-refractivity contribution < 1.29 is 14.9 Å². The maximum Gasteiger partial charge on any atom is 0.174 e. The predicted molar refractivity (Wildman–Crippen MR) is 124 cm³/mol. The summed E-state index contributed by atoms with van der Waals surface area (Å²) in [7, 11) is 0. The first-order chi connectivity index (χ1) is 15.7. The predicted octanol–water partition coefficient (Wildman–Crippen LogP) is 3.37. The van der Waals surface area contributed by atoms with Crippen molar-refractivity contribution in [3.63, 3.8) is 0 Å². The summed E-state index contributed by atoms with van der Waals surface area (Å²) in [6, 6.07) is 11.3. The number of aliphatic hydroxyl groups is 2. The number of hydrogen-bond acceptors (Lipinski definition) is 11. The molecule has 0 fully saturated rings. The second kappa shape index (κ2) is 10.7. The standard InChI is InChI=1S/C21H22N6O3S2/c1-2-15-16(6-5-9-22-15)30-17-10-14(31-18-7-3-4-8-23-18)11-24-21(17)25-19-12-27(26-32-19)20(29)13-28/h3-12,20,26,28-29H,2,13H2,1H3,(H,24,25)/t20-/m0/s1. The van der Waals surface area contributed by atoms with Crippen molar-refractivity contribution in [1.29, 1.82) is 0 Å². The second-order valence-electron chi connectivity index (χ2n) is 6.57. The Labute approximate surface area is 194 Å². The van der Waals surface area contributed by atoms with E-state index in [9.17, 15) is 5.11 Å². The fourth-order valence-electron chi connectivity index (χ4n) is 2.77. The molecule has 0 amide bonds. The summed E-state index contributed by atoms with van der Waals surface area (Å²) in [6.45, 7) is 1.62. The summed E-state index contributed by atoms with van der Waals surface area (Å²) in [6.07, 6.45) is 6.55. The molecule has 166 valence electrons. The van der Waals surface area contributed by atoms with Gasteiger partial charge in [-0.3, -0.25) is 9.99 Å². The molecule has 0 aliphatic carbocycles. The molecule has 1 aliphatic heterocycles. The van der Waals surface area contributed by atoms with Crippen LogP contribution in [-0.2, 0) is 6.42 Å². The molecule has 32 heavy (non-hydrogen) atoms. The van der Waals surface area contributed by atoms with Gasteiger partial charge < -0.3 is 20.3 Å². The van der Waals surface area contributed by atoms with Crippen LogP contribution in [0.3, 0.4) is 0 Å². The van der Waals surface area contributed by atoms with Crippen molar-refractivity contribution in [3.8, 4) is 11.5 Å². The highest BCUT2D eigenvalue weighted by Gasteiger charge is 2.21. The van der Waals surface area contributed by atoms with E-state index in [1.54, 1.807) is 24.8 Å². The molecule has 0 bridgehead atoms. The van der Waals surface area contributed by atoms with Crippen LogP contribution >= 0.6 is 23.7 Å². The van der Waals surface area contributed by atoms with Gasteiger partial charge in [-0.05, 0) is 42.6 Å². The number of ether oxygens (including phenoxy) is 1. The van der Waals surface area contributed by atoms with E-state index >= 15 is 0 Å². The first-order valence-corrected chi connectivity index (χ1v) is 11.5. The lowest BCUT2D eigenvalue weighted by atomic mass is 10.2. The summed E-state index contributed by atoms with van der Waals surface area (Å²) in [5, 5.41) is 25.1. The van der Waals surface area contributed by atoms with E-state index in [0.717, 1.165) is 22.0 Å². The molecule has 3 aromatic rings. The smallest absolute Gasteiger partial charge is 0.174 e. The van der Waals surface area contributed by atoms with Crippen molar-refractivity contribution in [3.05, 3.63) is 71.9 Å². The zero-order chi connectivity index (χ0) is 22.3. The van der Waals surface area contributed by atoms with Gasteiger partial charge in [0.2, 0.25) is 0 Å². The van der Waals surface area contributed by atoms with Gasteiger partial charge in [0, 0.05) is 29.6 Å².